The van der Waals surface area contributed by atoms with Crippen molar-refractivity contribution >= 4 is 22.8 Å². The van der Waals surface area contributed by atoms with E-state index in [1.54, 1.807) is 0 Å². The van der Waals surface area contributed by atoms with Crippen LogP contribution in [0.3, 0.4) is 0 Å². The highest BCUT2D eigenvalue weighted by Crippen LogP contribution is 2.25. The van der Waals surface area contributed by atoms with E-state index in [-0.39, 0.29) is 17.7 Å². The number of hydrogen-bond acceptors (Lipinski definition) is 3. The molecule has 0 spiro atoms. The lowest BCUT2D eigenvalue weighted by atomic mass is 9.93. The second-order valence-electron chi connectivity index (χ2n) is 10.3. The topological polar surface area (TPSA) is 67.2 Å². The van der Waals surface area contributed by atoms with Crippen molar-refractivity contribution < 1.29 is 9.59 Å². The summed E-state index contributed by atoms with van der Waals surface area (Å²) in [6.07, 6.45) is 9.01. The fraction of sp³-hybridized carbons (Fsp3) is 0.516. The Morgan fingerprint density at radius 2 is 1.70 bits per heavy atom. The molecule has 6 nitrogen and oxygen atoms in total. The fourth-order valence-electron chi connectivity index (χ4n) is 5.57. The normalized spacial score (nSPS) is 14.2. The predicted molar refractivity (Wildman–Crippen MR) is 149 cm³/mol. The molecule has 198 valence electrons. The van der Waals surface area contributed by atoms with Gasteiger partial charge in [-0.2, -0.15) is 0 Å². The van der Waals surface area contributed by atoms with Gasteiger partial charge in [-0.3, -0.25) is 9.59 Å². The molecule has 0 saturated heterocycles. The molecular formula is C31H42N4O2. The number of benzene rings is 2. The third-order valence-electron chi connectivity index (χ3n) is 7.79. The summed E-state index contributed by atoms with van der Waals surface area (Å²) in [4.78, 5) is 33.3. The van der Waals surface area contributed by atoms with Gasteiger partial charge in [0.25, 0.3) is 0 Å². The number of amides is 2. The van der Waals surface area contributed by atoms with E-state index in [0.29, 0.717) is 32.1 Å². The monoisotopic (exact) mass is 502 g/mol. The molecule has 1 aromatic heterocycles. The number of fused-ring (bicyclic) bond motifs is 1. The summed E-state index contributed by atoms with van der Waals surface area (Å²) < 4.78 is 2.10. The van der Waals surface area contributed by atoms with Crippen LogP contribution in [0.2, 0.25) is 0 Å². The van der Waals surface area contributed by atoms with Crippen LogP contribution in [-0.2, 0) is 29.1 Å². The number of carbonyl (C=O) groups excluding carboxylic acids is 2. The van der Waals surface area contributed by atoms with Crippen LogP contribution in [0.25, 0.3) is 11.0 Å². The number of aryl methyl sites for hydroxylation is 1. The van der Waals surface area contributed by atoms with Gasteiger partial charge in [0.2, 0.25) is 11.8 Å². The Bertz CT molecular complexity index is 1150. The maximum atomic E-state index is 13.9. The highest BCUT2D eigenvalue weighted by atomic mass is 16.2. The summed E-state index contributed by atoms with van der Waals surface area (Å²) in [5.41, 5.74) is 3.08. The van der Waals surface area contributed by atoms with Crippen molar-refractivity contribution in [1.29, 1.82) is 0 Å². The first-order valence-electron chi connectivity index (χ1n) is 14.2. The van der Waals surface area contributed by atoms with Gasteiger partial charge < -0.3 is 14.8 Å². The van der Waals surface area contributed by atoms with E-state index < -0.39 is 0 Å². The van der Waals surface area contributed by atoms with Gasteiger partial charge in [-0.15, -0.1) is 0 Å². The van der Waals surface area contributed by atoms with Crippen LogP contribution in [0.15, 0.2) is 54.6 Å². The van der Waals surface area contributed by atoms with Crippen LogP contribution >= 0.6 is 0 Å². The molecule has 0 aliphatic heterocycles. The van der Waals surface area contributed by atoms with Gasteiger partial charge in [0.15, 0.2) is 0 Å². The molecule has 0 unspecified atom stereocenters. The third-order valence-corrected chi connectivity index (χ3v) is 7.79. The maximum Gasteiger partial charge on any atom is 0.243 e. The Morgan fingerprint density at radius 1 is 1.00 bits per heavy atom. The van der Waals surface area contributed by atoms with Crippen LogP contribution in [0.4, 0.5) is 0 Å². The minimum Gasteiger partial charge on any atom is -0.356 e. The SMILES string of the molecule is CCC(CC)C(=O)NCCCc1nc2ccccc2n1CC(=O)N(Cc1ccccc1)C1CCCCC1. The molecule has 0 bridgehead atoms. The average Bonchev–Trinajstić information content (AvgIpc) is 3.28. The highest BCUT2D eigenvalue weighted by molar-refractivity contribution is 5.81. The second-order valence-corrected chi connectivity index (χ2v) is 10.3. The smallest absolute Gasteiger partial charge is 0.243 e. The maximum absolute atomic E-state index is 13.9. The lowest BCUT2D eigenvalue weighted by Gasteiger charge is -2.35. The third kappa shape index (κ3) is 7.00. The predicted octanol–water partition coefficient (Wildman–Crippen LogP) is 5.88. The Kier molecular flexibility index (Phi) is 9.75. The zero-order valence-corrected chi connectivity index (χ0v) is 22.5. The average molecular weight is 503 g/mol. The zero-order valence-electron chi connectivity index (χ0n) is 22.5. The molecule has 3 aromatic rings. The molecular weight excluding hydrogens is 460 g/mol. The zero-order chi connectivity index (χ0) is 26.0. The molecule has 37 heavy (non-hydrogen) atoms. The van der Waals surface area contributed by atoms with Crippen LogP contribution in [-0.4, -0.2) is 38.9 Å². The van der Waals surface area contributed by atoms with Gasteiger partial charge >= 0.3 is 0 Å². The van der Waals surface area contributed by atoms with Crippen molar-refractivity contribution in [2.75, 3.05) is 6.54 Å². The molecule has 1 N–H and O–H groups in total. The Morgan fingerprint density at radius 3 is 2.43 bits per heavy atom. The number of imidazole rings is 1. The standard InChI is InChI=1S/C31H42N4O2/c1-3-25(4-2)31(37)32-21-13-20-29-33-27-18-11-12-19-28(27)35(29)23-30(36)34(26-16-9-6-10-17-26)22-24-14-7-5-8-15-24/h5,7-8,11-12,14-15,18-19,25-26H,3-4,6,9-10,13,16-17,20-23H2,1-2H3,(H,32,37). The van der Waals surface area contributed by atoms with E-state index in [1.165, 1.54) is 24.8 Å². The van der Waals surface area contributed by atoms with Crippen molar-refractivity contribution in [3.05, 3.63) is 66.0 Å². The van der Waals surface area contributed by atoms with Gasteiger partial charge in [-0.05, 0) is 49.8 Å². The van der Waals surface area contributed by atoms with Crippen LogP contribution < -0.4 is 5.32 Å². The van der Waals surface area contributed by atoms with Crippen LogP contribution in [0.1, 0.15) is 76.6 Å². The van der Waals surface area contributed by atoms with Gasteiger partial charge in [0.05, 0.1) is 11.0 Å². The highest BCUT2D eigenvalue weighted by Gasteiger charge is 2.27. The van der Waals surface area contributed by atoms with Gasteiger partial charge in [0.1, 0.15) is 12.4 Å². The quantitative estimate of drug-likeness (QED) is 0.314. The van der Waals surface area contributed by atoms with E-state index >= 15 is 0 Å². The first kappa shape index (κ1) is 26.9. The molecule has 1 saturated carbocycles. The fourth-order valence-corrected chi connectivity index (χ4v) is 5.57. The Balaban J connectivity index is 1.49. The van der Waals surface area contributed by atoms with Gasteiger partial charge in [-0.1, -0.05) is 75.6 Å². The van der Waals surface area contributed by atoms with Crippen molar-refractivity contribution in [3.63, 3.8) is 0 Å². The summed E-state index contributed by atoms with van der Waals surface area (Å²) in [6.45, 7) is 5.67. The van der Waals surface area contributed by atoms with E-state index in [0.717, 1.165) is 49.0 Å². The summed E-state index contributed by atoms with van der Waals surface area (Å²) in [5, 5.41) is 3.09. The minimum atomic E-state index is 0.0811. The molecule has 1 fully saturated rings. The van der Waals surface area contributed by atoms with Crippen LogP contribution in [0.5, 0.6) is 0 Å². The summed E-state index contributed by atoms with van der Waals surface area (Å²) >= 11 is 0. The number of para-hydroxylation sites is 2. The number of nitrogens with zero attached hydrogens (tertiary/aromatic N) is 3. The minimum absolute atomic E-state index is 0.0811. The number of rotatable bonds is 12. The van der Waals surface area contributed by atoms with Crippen molar-refractivity contribution in [3.8, 4) is 0 Å². The van der Waals surface area contributed by atoms with Crippen molar-refractivity contribution in [2.24, 2.45) is 5.92 Å². The molecule has 0 radical (unpaired) electrons. The lowest BCUT2D eigenvalue weighted by Crippen LogP contribution is -2.42. The summed E-state index contributed by atoms with van der Waals surface area (Å²) in [6, 6.07) is 18.7. The lowest BCUT2D eigenvalue weighted by molar-refractivity contribution is -0.135. The van der Waals surface area contributed by atoms with E-state index in [9.17, 15) is 9.59 Å². The first-order chi connectivity index (χ1) is 18.1. The molecule has 1 heterocycles. The second kappa shape index (κ2) is 13.4. The van der Waals surface area contributed by atoms with Crippen molar-refractivity contribution in [2.45, 2.75) is 90.8 Å². The van der Waals surface area contributed by atoms with Gasteiger partial charge in [-0.25, -0.2) is 4.98 Å². The van der Waals surface area contributed by atoms with E-state index in [4.69, 9.17) is 4.98 Å². The Labute approximate surface area is 221 Å². The number of nitrogens with one attached hydrogen (secondary N) is 1. The Hall–Kier alpha value is -3.15. The number of hydrogen-bond donors (Lipinski definition) is 1. The molecule has 6 heteroatoms. The first-order valence-corrected chi connectivity index (χ1v) is 14.2. The molecule has 2 amide bonds. The number of aromatic nitrogens is 2. The molecule has 2 aromatic carbocycles. The summed E-state index contributed by atoms with van der Waals surface area (Å²) in [7, 11) is 0. The largest absolute Gasteiger partial charge is 0.356 e. The molecule has 1 aliphatic rings. The molecule has 4 rings (SSSR count). The van der Waals surface area contributed by atoms with Crippen molar-refractivity contribution in [1.82, 2.24) is 19.8 Å². The summed E-state index contributed by atoms with van der Waals surface area (Å²) in [5.74, 6) is 1.28. The van der Waals surface area contributed by atoms with Gasteiger partial charge in [0, 0.05) is 31.5 Å². The molecule has 1 aliphatic carbocycles. The molecule has 0 atom stereocenters. The van der Waals surface area contributed by atoms with E-state index in [2.05, 4.69) is 46.8 Å². The van der Waals surface area contributed by atoms with Crippen LogP contribution in [0, 0.1) is 5.92 Å². The number of carbonyl (C=O) groups is 2. The van der Waals surface area contributed by atoms with E-state index in [1.807, 2.05) is 36.4 Å².